The average Bonchev–Trinajstić information content (AvgIpc) is 2.54. The molecule has 2 rings (SSSR count). The van der Waals surface area contributed by atoms with Gasteiger partial charge in [-0.1, -0.05) is 11.8 Å². The van der Waals surface area contributed by atoms with Gasteiger partial charge in [0.15, 0.2) is 5.16 Å². The summed E-state index contributed by atoms with van der Waals surface area (Å²) >= 11 is 1.03. The van der Waals surface area contributed by atoms with Crippen LogP contribution in [0.4, 0.5) is 10.1 Å². The number of aromatic nitrogens is 2. The highest BCUT2D eigenvalue weighted by Crippen LogP contribution is 2.13. The first-order chi connectivity index (χ1) is 11.5. The lowest BCUT2D eigenvalue weighted by molar-refractivity contribution is -0.120. The number of nitrogens with one attached hydrogen (secondary N) is 3. The summed E-state index contributed by atoms with van der Waals surface area (Å²) in [5, 5.41) is 5.29. The third-order valence-corrected chi connectivity index (χ3v) is 3.73. The van der Waals surface area contributed by atoms with Crippen molar-refractivity contribution >= 4 is 29.3 Å². The minimum atomic E-state index is -0.398. The molecular weight excluding hydrogens is 335 g/mol. The standard InChI is InChI=1S/C15H15FN4O3S/c1-17-12(21)6-11-7-13(22)20-15(19-11)24-8-14(23)18-10-4-2-9(16)3-5-10/h2-5,7H,6,8H2,1H3,(H,17,21)(H,18,23)(H,19,20,22). The fourth-order valence-corrected chi connectivity index (χ4v) is 2.45. The van der Waals surface area contributed by atoms with Crippen LogP contribution in [0.2, 0.25) is 0 Å². The Morgan fingerprint density at radius 1 is 1.25 bits per heavy atom. The van der Waals surface area contributed by atoms with E-state index < -0.39 is 11.4 Å². The molecule has 7 nitrogen and oxygen atoms in total. The minimum Gasteiger partial charge on any atom is -0.359 e. The molecule has 0 radical (unpaired) electrons. The van der Waals surface area contributed by atoms with Crippen molar-refractivity contribution in [3.05, 3.63) is 52.2 Å². The van der Waals surface area contributed by atoms with Crippen LogP contribution in [0.1, 0.15) is 5.69 Å². The molecule has 0 aliphatic heterocycles. The number of carbonyl (C=O) groups excluding carboxylic acids is 2. The van der Waals surface area contributed by atoms with Gasteiger partial charge in [-0.25, -0.2) is 9.37 Å². The van der Waals surface area contributed by atoms with Gasteiger partial charge in [0, 0.05) is 18.8 Å². The molecule has 0 saturated heterocycles. The number of amides is 2. The van der Waals surface area contributed by atoms with Gasteiger partial charge in [0.2, 0.25) is 11.8 Å². The SMILES string of the molecule is CNC(=O)Cc1cc(=O)[nH]c(SCC(=O)Nc2ccc(F)cc2)n1. The number of rotatable bonds is 6. The Morgan fingerprint density at radius 2 is 1.96 bits per heavy atom. The molecule has 126 valence electrons. The van der Waals surface area contributed by atoms with Crippen LogP contribution in [0.15, 0.2) is 40.3 Å². The minimum absolute atomic E-state index is 0.00371. The summed E-state index contributed by atoms with van der Waals surface area (Å²) in [7, 11) is 1.49. The first-order valence-corrected chi connectivity index (χ1v) is 7.94. The van der Waals surface area contributed by atoms with Crippen molar-refractivity contribution in [3.8, 4) is 0 Å². The van der Waals surface area contributed by atoms with E-state index in [9.17, 15) is 18.8 Å². The second-order valence-corrected chi connectivity index (χ2v) is 5.70. The molecule has 0 aliphatic carbocycles. The molecule has 0 fully saturated rings. The van der Waals surface area contributed by atoms with Crippen molar-refractivity contribution in [2.24, 2.45) is 0 Å². The summed E-state index contributed by atoms with van der Waals surface area (Å²) in [6.45, 7) is 0. The van der Waals surface area contributed by atoms with E-state index in [0.717, 1.165) is 11.8 Å². The maximum Gasteiger partial charge on any atom is 0.251 e. The van der Waals surface area contributed by atoms with Gasteiger partial charge >= 0.3 is 0 Å². The van der Waals surface area contributed by atoms with Crippen molar-refractivity contribution in [2.75, 3.05) is 18.1 Å². The Hall–Kier alpha value is -2.68. The number of thioether (sulfide) groups is 1. The second-order valence-electron chi connectivity index (χ2n) is 4.74. The van der Waals surface area contributed by atoms with Crippen molar-refractivity contribution in [2.45, 2.75) is 11.6 Å². The maximum absolute atomic E-state index is 12.8. The van der Waals surface area contributed by atoms with Crippen LogP contribution in [-0.4, -0.2) is 34.6 Å². The third-order valence-electron chi connectivity index (χ3n) is 2.86. The van der Waals surface area contributed by atoms with E-state index in [1.807, 2.05) is 0 Å². The first-order valence-electron chi connectivity index (χ1n) is 6.95. The van der Waals surface area contributed by atoms with Crippen molar-refractivity contribution in [3.63, 3.8) is 0 Å². The highest BCUT2D eigenvalue weighted by atomic mass is 32.2. The van der Waals surface area contributed by atoms with Gasteiger partial charge in [-0.15, -0.1) is 0 Å². The molecule has 24 heavy (non-hydrogen) atoms. The number of anilines is 1. The molecule has 2 aromatic rings. The molecule has 1 aromatic heterocycles. The van der Waals surface area contributed by atoms with E-state index in [1.165, 1.54) is 37.4 Å². The molecule has 0 spiro atoms. The number of nitrogens with zero attached hydrogens (tertiary/aromatic N) is 1. The van der Waals surface area contributed by atoms with Crippen LogP contribution < -0.4 is 16.2 Å². The third kappa shape index (κ3) is 5.51. The summed E-state index contributed by atoms with van der Waals surface area (Å²) in [5.41, 5.74) is 0.390. The normalized spacial score (nSPS) is 10.2. The molecular formula is C15H15FN4O3S. The topological polar surface area (TPSA) is 104 Å². The lowest BCUT2D eigenvalue weighted by Gasteiger charge is -2.06. The van der Waals surface area contributed by atoms with E-state index in [1.54, 1.807) is 0 Å². The van der Waals surface area contributed by atoms with E-state index >= 15 is 0 Å². The monoisotopic (exact) mass is 350 g/mol. The van der Waals surface area contributed by atoms with Crippen molar-refractivity contribution in [1.82, 2.24) is 15.3 Å². The summed E-state index contributed by atoms with van der Waals surface area (Å²) in [6, 6.07) is 6.61. The zero-order valence-corrected chi connectivity index (χ0v) is 13.6. The van der Waals surface area contributed by atoms with Crippen LogP contribution in [0.5, 0.6) is 0 Å². The number of likely N-dealkylation sites (N-methyl/N-ethyl adjacent to an activating group) is 1. The molecule has 3 N–H and O–H groups in total. The molecule has 2 amide bonds. The lowest BCUT2D eigenvalue weighted by Crippen LogP contribution is -2.22. The lowest BCUT2D eigenvalue weighted by atomic mass is 10.3. The van der Waals surface area contributed by atoms with Crippen LogP contribution in [0, 0.1) is 5.82 Å². The Bertz CT molecular complexity index is 792. The Morgan fingerprint density at radius 3 is 2.62 bits per heavy atom. The summed E-state index contributed by atoms with van der Waals surface area (Å²) in [5.74, 6) is -0.981. The van der Waals surface area contributed by atoms with Crippen LogP contribution in [-0.2, 0) is 16.0 Å². The first kappa shape index (κ1) is 17.7. The molecule has 0 atom stereocenters. The fraction of sp³-hybridized carbons (Fsp3) is 0.200. The zero-order valence-electron chi connectivity index (χ0n) is 12.8. The largest absolute Gasteiger partial charge is 0.359 e. The van der Waals surface area contributed by atoms with Gasteiger partial charge in [0.25, 0.3) is 5.56 Å². The second kappa shape index (κ2) is 8.25. The predicted molar refractivity (Wildman–Crippen MR) is 88.4 cm³/mol. The predicted octanol–water partition coefficient (Wildman–Crippen LogP) is 0.928. The number of benzene rings is 1. The van der Waals surface area contributed by atoms with Gasteiger partial charge in [-0.05, 0) is 24.3 Å². The zero-order chi connectivity index (χ0) is 17.5. The van der Waals surface area contributed by atoms with Gasteiger partial charge < -0.3 is 15.6 Å². The number of carbonyl (C=O) groups is 2. The van der Waals surface area contributed by atoms with Gasteiger partial charge in [0.05, 0.1) is 17.9 Å². The molecule has 0 unspecified atom stereocenters. The molecule has 0 aliphatic rings. The Labute approximate surface area is 141 Å². The average molecular weight is 350 g/mol. The highest BCUT2D eigenvalue weighted by Gasteiger charge is 2.09. The fourth-order valence-electron chi connectivity index (χ4n) is 1.76. The van der Waals surface area contributed by atoms with Gasteiger partial charge in [-0.2, -0.15) is 0 Å². The summed E-state index contributed by atoms with van der Waals surface area (Å²) in [6.07, 6.45) is -0.0181. The number of halogens is 1. The highest BCUT2D eigenvalue weighted by molar-refractivity contribution is 7.99. The molecule has 0 bridgehead atoms. The number of hydrogen-bond acceptors (Lipinski definition) is 5. The van der Waals surface area contributed by atoms with Crippen LogP contribution in [0.3, 0.4) is 0 Å². The molecule has 0 saturated carbocycles. The number of H-pyrrole nitrogens is 1. The van der Waals surface area contributed by atoms with Crippen molar-refractivity contribution in [1.29, 1.82) is 0 Å². The van der Waals surface area contributed by atoms with E-state index in [-0.39, 0.29) is 29.1 Å². The van der Waals surface area contributed by atoms with Crippen LogP contribution >= 0.6 is 11.8 Å². The molecule has 1 aromatic carbocycles. The maximum atomic E-state index is 12.8. The summed E-state index contributed by atoms with van der Waals surface area (Å²) < 4.78 is 12.8. The van der Waals surface area contributed by atoms with Gasteiger partial charge in [-0.3, -0.25) is 14.4 Å². The Balaban J connectivity index is 1.95. The summed E-state index contributed by atoms with van der Waals surface area (Å²) in [4.78, 5) is 41.4. The van der Waals surface area contributed by atoms with Gasteiger partial charge in [0.1, 0.15) is 5.82 Å². The van der Waals surface area contributed by atoms with Crippen molar-refractivity contribution < 1.29 is 14.0 Å². The number of aromatic amines is 1. The number of hydrogen-bond donors (Lipinski definition) is 3. The Kier molecular flexibility index (Phi) is 6.07. The quantitative estimate of drug-likeness (QED) is 0.531. The van der Waals surface area contributed by atoms with E-state index in [0.29, 0.717) is 11.4 Å². The molecule has 1 heterocycles. The van der Waals surface area contributed by atoms with E-state index in [4.69, 9.17) is 0 Å². The van der Waals surface area contributed by atoms with Crippen LogP contribution in [0.25, 0.3) is 0 Å². The smallest absolute Gasteiger partial charge is 0.251 e. The molecule has 9 heteroatoms. The van der Waals surface area contributed by atoms with E-state index in [2.05, 4.69) is 20.6 Å².